The minimum atomic E-state index is 0.947. The lowest BCUT2D eigenvalue weighted by Crippen LogP contribution is -1.67. The normalized spacial score (nSPS) is 8.12. The second-order valence-corrected chi connectivity index (χ2v) is 2.41. The van der Waals surface area contributed by atoms with E-state index < -0.39 is 0 Å². The van der Waals surface area contributed by atoms with Crippen molar-refractivity contribution >= 4 is 14.5 Å². The molecule has 0 fully saturated rings. The molecule has 0 saturated carbocycles. The van der Waals surface area contributed by atoms with Crippen molar-refractivity contribution < 1.29 is 0 Å². The highest BCUT2D eigenvalue weighted by molar-refractivity contribution is 7.42. The topological polar surface area (TPSA) is 0 Å². The SMILES string of the molecule is C#CC(P=C)=C(C)C. The van der Waals surface area contributed by atoms with Crippen LogP contribution >= 0.6 is 8.20 Å². The standard InChI is InChI=1S/C7H9P/c1-5-7(8-4)6(2)3/h1H,4H2,2-3H3. The van der Waals surface area contributed by atoms with Crippen molar-refractivity contribution in [2.75, 3.05) is 0 Å². The van der Waals surface area contributed by atoms with Crippen molar-refractivity contribution in [1.82, 2.24) is 0 Å². The van der Waals surface area contributed by atoms with Crippen molar-refractivity contribution in [3.63, 3.8) is 0 Å². The van der Waals surface area contributed by atoms with E-state index in [9.17, 15) is 0 Å². The Morgan fingerprint density at radius 3 is 2.12 bits per heavy atom. The Morgan fingerprint density at radius 2 is 2.12 bits per heavy atom. The second-order valence-electron chi connectivity index (χ2n) is 1.65. The molecule has 1 heteroatoms. The Kier molecular flexibility index (Phi) is 3.24. The molecule has 0 aliphatic heterocycles. The van der Waals surface area contributed by atoms with Gasteiger partial charge in [0.1, 0.15) is 0 Å². The Bertz CT molecular complexity index is 154. The van der Waals surface area contributed by atoms with Crippen LogP contribution in [0.4, 0.5) is 0 Å². The highest BCUT2D eigenvalue weighted by atomic mass is 31.1. The molecule has 42 valence electrons. The third-order valence-electron chi connectivity index (χ3n) is 0.768. The van der Waals surface area contributed by atoms with Crippen molar-refractivity contribution in [3.8, 4) is 12.3 Å². The summed E-state index contributed by atoms with van der Waals surface area (Å²) in [7, 11) is 0.947. The Morgan fingerprint density at radius 1 is 1.62 bits per heavy atom. The van der Waals surface area contributed by atoms with E-state index in [1.165, 1.54) is 5.57 Å². The van der Waals surface area contributed by atoms with Crippen LogP contribution < -0.4 is 0 Å². The first-order valence-electron chi connectivity index (χ1n) is 2.33. The van der Waals surface area contributed by atoms with Crippen molar-refractivity contribution in [3.05, 3.63) is 10.9 Å². The average Bonchev–Trinajstić information content (AvgIpc) is 1.69. The highest BCUT2D eigenvalue weighted by Crippen LogP contribution is 2.13. The zero-order valence-corrected chi connectivity index (χ0v) is 6.13. The van der Waals surface area contributed by atoms with E-state index in [2.05, 4.69) is 12.2 Å². The molecule has 0 aliphatic rings. The zero-order valence-electron chi connectivity index (χ0n) is 5.23. The molecule has 8 heavy (non-hydrogen) atoms. The molecule has 0 unspecified atom stereocenters. The first-order valence-corrected chi connectivity index (χ1v) is 3.41. The van der Waals surface area contributed by atoms with Gasteiger partial charge in [-0.2, -0.15) is 0 Å². The van der Waals surface area contributed by atoms with Gasteiger partial charge in [-0.05, 0) is 13.8 Å². The van der Waals surface area contributed by atoms with Crippen LogP contribution in [0.15, 0.2) is 10.9 Å². The maximum atomic E-state index is 5.13. The molecule has 0 aliphatic carbocycles. The third kappa shape index (κ3) is 1.96. The van der Waals surface area contributed by atoms with Crippen LogP contribution in [0.25, 0.3) is 0 Å². The summed E-state index contributed by atoms with van der Waals surface area (Å²) in [6, 6.07) is 0. The molecule has 0 aromatic rings. The lowest BCUT2D eigenvalue weighted by molar-refractivity contribution is 1.39. The van der Waals surface area contributed by atoms with Gasteiger partial charge in [0.15, 0.2) is 0 Å². The molecule has 0 spiro atoms. The van der Waals surface area contributed by atoms with Gasteiger partial charge in [-0.1, -0.05) is 26.0 Å². The summed E-state index contributed by atoms with van der Waals surface area (Å²) in [5.41, 5.74) is 1.18. The van der Waals surface area contributed by atoms with E-state index in [-0.39, 0.29) is 0 Å². The van der Waals surface area contributed by atoms with Gasteiger partial charge in [-0.3, -0.25) is 0 Å². The fourth-order valence-electron chi connectivity index (χ4n) is 0.348. The van der Waals surface area contributed by atoms with E-state index in [0.29, 0.717) is 0 Å². The van der Waals surface area contributed by atoms with E-state index >= 15 is 0 Å². The summed E-state index contributed by atoms with van der Waals surface area (Å²) in [5.74, 6) is 2.56. The van der Waals surface area contributed by atoms with Crippen LogP contribution in [0.3, 0.4) is 0 Å². The minimum absolute atomic E-state index is 0.947. The molecule has 0 heterocycles. The van der Waals surface area contributed by atoms with Crippen molar-refractivity contribution in [2.45, 2.75) is 13.8 Å². The molecule has 0 nitrogen and oxygen atoms in total. The van der Waals surface area contributed by atoms with Crippen LogP contribution in [-0.4, -0.2) is 6.30 Å². The monoisotopic (exact) mass is 124 g/mol. The summed E-state index contributed by atoms with van der Waals surface area (Å²) in [6.45, 7) is 3.99. The van der Waals surface area contributed by atoms with Crippen molar-refractivity contribution in [2.24, 2.45) is 0 Å². The zero-order chi connectivity index (χ0) is 6.57. The summed E-state index contributed by atoms with van der Waals surface area (Å²) in [4.78, 5) is 0. The van der Waals surface area contributed by atoms with Crippen molar-refractivity contribution in [1.29, 1.82) is 0 Å². The maximum absolute atomic E-state index is 5.13. The predicted octanol–water partition coefficient (Wildman–Crippen LogP) is 2.29. The van der Waals surface area contributed by atoms with E-state index in [1.54, 1.807) is 0 Å². The van der Waals surface area contributed by atoms with Crippen LogP contribution in [-0.2, 0) is 0 Å². The van der Waals surface area contributed by atoms with Crippen LogP contribution in [0, 0.1) is 12.3 Å². The third-order valence-corrected chi connectivity index (χ3v) is 1.66. The molecular weight excluding hydrogens is 115 g/mol. The van der Waals surface area contributed by atoms with Gasteiger partial charge in [-0.15, -0.1) is 6.42 Å². The minimum Gasteiger partial charge on any atom is -0.114 e. The molecule has 0 radical (unpaired) electrons. The molecule has 0 amide bonds. The molecule has 0 N–H and O–H groups in total. The number of allylic oxidation sites excluding steroid dienone is 2. The lowest BCUT2D eigenvalue weighted by atomic mass is 10.3. The Hall–Kier alpha value is -0.530. The molecule has 0 atom stereocenters. The average molecular weight is 124 g/mol. The summed E-state index contributed by atoms with van der Waals surface area (Å²) < 4.78 is 0. The van der Waals surface area contributed by atoms with E-state index in [1.807, 2.05) is 13.8 Å². The summed E-state index contributed by atoms with van der Waals surface area (Å²) in [6.07, 6.45) is 8.78. The Labute approximate surface area is 52.4 Å². The van der Waals surface area contributed by atoms with Gasteiger partial charge in [0, 0.05) is 5.31 Å². The number of rotatable bonds is 1. The molecule has 0 aromatic carbocycles. The quantitative estimate of drug-likeness (QED) is 0.371. The van der Waals surface area contributed by atoms with Gasteiger partial charge < -0.3 is 0 Å². The van der Waals surface area contributed by atoms with E-state index in [4.69, 9.17) is 6.42 Å². The molecule has 0 saturated heterocycles. The second kappa shape index (κ2) is 3.47. The van der Waals surface area contributed by atoms with Gasteiger partial charge in [0.05, 0.1) is 0 Å². The van der Waals surface area contributed by atoms with E-state index in [0.717, 1.165) is 13.5 Å². The summed E-state index contributed by atoms with van der Waals surface area (Å²) in [5, 5.41) is 0.991. The largest absolute Gasteiger partial charge is 0.114 e. The molecular formula is C7H9P. The van der Waals surface area contributed by atoms with Crippen LogP contribution in [0.2, 0.25) is 0 Å². The fraction of sp³-hybridized carbons (Fsp3) is 0.286. The number of hydrogen-bond acceptors (Lipinski definition) is 0. The van der Waals surface area contributed by atoms with Crippen LogP contribution in [0.1, 0.15) is 13.8 Å². The molecule has 0 rings (SSSR count). The number of hydrogen-bond donors (Lipinski definition) is 0. The van der Waals surface area contributed by atoms with Gasteiger partial charge in [-0.25, -0.2) is 0 Å². The predicted molar refractivity (Wildman–Crippen MR) is 41.2 cm³/mol. The summed E-state index contributed by atoms with van der Waals surface area (Å²) >= 11 is 0. The molecule has 0 aromatic heterocycles. The number of terminal acetylenes is 1. The molecule has 0 bridgehead atoms. The highest BCUT2D eigenvalue weighted by Gasteiger charge is 1.84. The van der Waals surface area contributed by atoms with Gasteiger partial charge >= 0.3 is 0 Å². The first-order chi connectivity index (χ1) is 3.72. The van der Waals surface area contributed by atoms with Gasteiger partial charge in [0.2, 0.25) is 0 Å². The lowest BCUT2D eigenvalue weighted by Gasteiger charge is -1.88. The van der Waals surface area contributed by atoms with Gasteiger partial charge in [0.25, 0.3) is 0 Å². The first kappa shape index (κ1) is 7.47. The Balaban J connectivity index is 4.38. The fourth-order valence-corrected chi connectivity index (χ4v) is 0.756. The maximum Gasteiger partial charge on any atom is 0.0494 e. The van der Waals surface area contributed by atoms with Crippen LogP contribution in [0.5, 0.6) is 0 Å². The smallest absolute Gasteiger partial charge is 0.0494 e.